The lowest BCUT2D eigenvalue weighted by Gasteiger charge is -2.25. The fraction of sp³-hybridized carbons (Fsp3) is 0.385. The van der Waals surface area contributed by atoms with Crippen LogP contribution in [0.4, 0.5) is 5.69 Å². The fourth-order valence-corrected chi connectivity index (χ4v) is 2.18. The van der Waals surface area contributed by atoms with Crippen molar-refractivity contribution in [3.8, 4) is 0 Å². The summed E-state index contributed by atoms with van der Waals surface area (Å²) in [5.41, 5.74) is 9.47. The Labute approximate surface area is 91.4 Å². The predicted octanol–water partition coefficient (Wildman–Crippen LogP) is 1.95. The molecule has 0 fully saturated rings. The first-order valence-electron chi connectivity index (χ1n) is 5.43. The van der Waals surface area contributed by atoms with Gasteiger partial charge in [-0.3, -0.25) is 0 Å². The first kappa shape index (κ1) is 10.2. The van der Waals surface area contributed by atoms with Crippen molar-refractivity contribution in [2.75, 3.05) is 18.0 Å². The van der Waals surface area contributed by atoms with E-state index in [2.05, 4.69) is 42.7 Å². The summed E-state index contributed by atoms with van der Waals surface area (Å²) >= 11 is 0. The van der Waals surface area contributed by atoms with Gasteiger partial charge in [-0.05, 0) is 30.5 Å². The van der Waals surface area contributed by atoms with Gasteiger partial charge in [0, 0.05) is 24.8 Å². The smallest absolute Gasteiger partial charge is 0.0404 e. The zero-order chi connectivity index (χ0) is 10.8. The van der Waals surface area contributed by atoms with Gasteiger partial charge in [-0.1, -0.05) is 24.8 Å². The predicted molar refractivity (Wildman–Crippen MR) is 65.1 cm³/mol. The summed E-state index contributed by atoms with van der Waals surface area (Å²) in [7, 11) is 0. The topological polar surface area (TPSA) is 29.3 Å². The highest BCUT2D eigenvalue weighted by molar-refractivity contribution is 5.59. The van der Waals surface area contributed by atoms with Crippen molar-refractivity contribution in [1.82, 2.24) is 0 Å². The molecule has 80 valence electrons. The molecule has 0 aromatic heterocycles. The first-order chi connectivity index (χ1) is 7.22. The molecule has 0 bridgehead atoms. The fourth-order valence-electron chi connectivity index (χ4n) is 2.18. The van der Waals surface area contributed by atoms with E-state index in [9.17, 15) is 0 Å². The van der Waals surface area contributed by atoms with Crippen molar-refractivity contribution in [3.05, 3.63) is 42.0 Å². The van der Waals surface area contributed by atoms with E-state index in [1.165, 1.54) is 11.3 Å². The summed E-state index contributed by atoms with van der Waals surface area (Å²) < 4.78 is 0. The standard InChI is InChI=1S/C13H18N2/c1-10(8-14)9-15-11(2)7-12-5-3-4-6-13(12)15/h3-6,11H,1,7-9,14H2,2H3. The second-order valence-corrected chi connectivity index (χ2v) is 4.26. The zero-order valence-electron chi connectivity index (χ0n) is 9.24. The van der Waals surface area contributed by atoms with Crippen molar-refractivity contribution in [1.29, 1.82) is 0 Å². The van der Waals surface area contributed by atoms with Gasteiger partial charge >= 0.3 is 0 Å². The molecule has 15 heavy (non-hydrogen) atoms. The lowest BCUT2D eigenvalue weighted by Crippen LogP contribution is -2.32. The molecular weight excluding hydrogens is 184 g/mol. The maximum Gasteiger partial charge on any atom is 0.0404 e. The van der Waals surface area contributed by atoms with Crippen molar-refractivity contribution in [3.63, 3.8) is 0 Å². The Morgan fingerprint density at radius 1 is 1.53 bits per heavy atom. The molecule has 0 aliphatic carbocycles. The van der Waals surface area contributed by atoms with Gasteiger partial charge in [0.25, 0.3) is 0 Å². The molecule has 2 rings (SSSR count). The van der Waals surface area contributed by atoms with Crippen LogP contribution in [-0.2, 0) is 6.42 Å². The van der Waals surface area contributed by atoms with Crippen LogP contribution in [0.1, 0.15) is 12.5 Å². The Hall–Kier alpha value is -1.28. The maximum atomic E-state index is 5.59. The van der Waals surface area contributed by atoms with Crippen LogP contribution in [0.3, 0.4) is 0 Å². The molecule has 0 radical (unpaired) electrons. The van der Waals surface area contributed by atoms with Crippen molar-refractivity contribution in [2.45, 2.75) is 19.4 Å². The third kappa shape index (κ3) is 1.90. The van der Waals surface area contributed by atoms with E-state index in [0.717, 1.165) is 18.5 Å². The van der Waals surface area contributed by atoms with E-state index in [0.29, 0.717) is 12.6 Å². The molecule has 1 heterocycles. The number of hydrogen-bond donors (Lipinski definition) is 1. The molecule has 1 aliphatic heterocycles. The van der Waals surface area contributed by atoms with E-state index in [-0.39, 0.29) is 0 Å². The molecule has 0 amide bonds. The van der Waals surface area contributed by atoms with Gasteiger partial charge in [-0.25, -0.2) is 0 Å². The van der Waals surface area contributed by atoms with E-state index >= 15 is 0 Å². The number of para-hydroxylation sites is 1. The summed E-state index contributed by atoms with van der Waals surface area (Å²) in [5.74, 6) is 0. The van der Waals surface area contributed by atoms with Gasteiger partial charge in [0.15, 0.2) is 0 Å². The number of fused-ring (bicyclic) bond motifs is 1. The highest BCUT2D eigenvalue weighted by atomic mass is 15.2. The van der Waals surface area contributed by atoms with Gasteiger partial charge in [-0.2, -0.15) is 0 Å². The summed E-state index contributed by atoms with van der Waals surface area (Å²) in [6, 6.07) is 9.15. The lowest BCUT2D eigenvalue weighted by molar-refractivity contribution is 0.694. The molecule has 1 unspecified atom stereocenters. The van der Waals surface area contributed by atoms with Gasteiger partial charge in [0.1, 0.15) is 0 Å². The highest BCUT2D eigenvalue weighted by Crippen LogP contribution is 2.31. The van der Waals surface area contributed by atoms with Crippen LogP contribution in [0.25, 0.3) is 0 Å². The Balaban J connectivity index is 2.22. The first-order valence-corrected chi connectivity index (χ1v) is 5.43. The van der Waals surface area contributed by atoms with E-state index in [1.807, 2.05) is 0 Å². The van der Waals surface area contributed by atoms with Crippen LogP contribution in [-0.4, -0.2) is 19.1 Å². The minimum absolute atomic E-state index is 0.561. The van der Waals surface area contributed by atoms with Crippen LogP contribution < -0.4 is 10.6 Å². The van der Waals surface area contributed by atoms with Gasteiger partial charge in [0.2, 0.25) is 0 Å². The summed E-state index contributed by atoms with van der Waals surface area (Å²) in [5, 5.41) is 0. The summed E-state index contributed by atoms with van der Waals surface area (Å²) in [4.78, 5) is 2.39. The molecule has 0 spiro atoms. The number of rotatable bonds is 3. The molecule has 0 saturated heterocycles. The van der Waals surface area contributed by atoms with Crippen molar-refractivity contribution >= 4 is 5.69 Å². The number of hydrogen-bond acceptors (Lipinski definition) is 2. The molecule has 2 heteroatoms. The maximum absolute atomic E-state index is 5.59. The molecule has 2 nitrogen and oxygen atoms in total. The number of anilines is 1. The SMILES string of the molecule is C=C(CN)CN1c2ccccc2CC1C. The molecule has 1 aliphatic rings. The zero-order valence-corrected chi connectivity index (χ0v) is 9.24. The van der Waals surface area contributed by atoms with Gasteiger partial charge in [-0.15, -0.1) is 0 Å². The Kier molecular flexibility index (Phi) is 2.78. The number of nitrogens with zero attached hydrogens (tertiary/aromatic N) is 1. The molecule has 1 aromatic rings. The molecule has 0 saturated carbocycles. The monoisotopic (exact) mass is 202 g/mol. The Morgan fingerprint density at radius 2 is 2.27 bits per heavy atom. The minimum Gasteiger partial charge on any atom is -0.364 e. The average Bonchev–Trinajstić information content (AvgIpc) is 2.55. The highest BCUT2D eigenvalue weighted by Gasteiger charge is 2.25. The molecule has 1 atom stereocenters. The minimum atomic E-state index is 0.561. The van der Waals surface area contributed by atoms with Crippen LogP contribution in [0.15, 0.2) is 36.4 Å². The third-order valence-electron chi connectivity index (χ3n) is 3.03. The van der Waals surface area contributed by atoms with Gasteiger partial charge < -0.3 is 10.6 Å². The van der Waals surface area contributed by atoms with Crippen LogP contribution >= 0.6 is 0 Å². The molecular formula is C13H18N2. The van der Waals surface area contributed by atoms with Gasteiger partial charge in [0.05, 0.1) is 0 Å². The van der Waals surface area contributed by atoms with Crippen LogP contribution in [0.2, 0.25) is 0 Å². The van der Waals surface area contributed by atoms with E-state index in [1.54, 1.807) is 0 Å². The third-order valence-corrected chi connectivity index (χ3v) is 3.03. The second-order valence-electron chi connectivity index (χ2n) is 4.26. The number of benzene rings is 1. The Bertz CT molecular complexity index is 371. The Morgan fingerprint density at radius 3 is 3.00 bits per heavy atom. The second kappa shape index (κ2) is 4.07. The summed E-state index contributed by atoms with van der Waals surface area (Å²) in [6.07, 6.45) is 1.13. The lowest BCUT2D eigenvalue weighted by atomic mass is 10.1. The average molecular weight is 202 g/mol. The van der Waals surface area contributed by atoms with Crippen LogP contribution in [0, 0.1) is 0 Å². The van der Waals surface area contributed by atoms with Crippen LogP contribution in [0.5, 0.6) is 0 Å². The quantitative estimate of drug-likeness (QED) is 0.759. The summed E-state index contributed by atoms with van der Waals surface area (Å²) in [6.45, 7) is 7.69. The normalized spacial score (nSPS) is 19.1. The van der Waals surface area contributed by atoms with Crippen molar-refractivity contribution < 1.29 is 0 Å². The van der Waals surface area contributed by atoms with E-state index in [4.69, 9.17) is 5.73 Å². The number of nitrogens with two attached hydrogens (primary N) is 1. The largest absolute Gasteiger partial charge is 0.364 e. The van der Waals surface area contributed by atoms with E-state index < -0.39 is 0 Å². The van der Waals surface area contributed by atoms with Crippen molar-refractivity contribution in [2.24, 2.45) is 5.73 Å². The molecule has 2 N–H and O–H groups in total. The molecule has 1 aromatic carbocycles.